The molecule has 8 rings (SSSR count). The van der Waals surface area contributed by atoms with E-state index in [-0.39, 0.29) is 97.0 Å². The maximum absolute atomic E-state index is 12.7. The Morgan fingerprint density at radius 1 is 0.459 bits per heavy atom. The van der Waals surface area contributed by atoms with E-state index < -0.39 is 4.92 Å². The van der Waals surface area contributed by atoms with Crippen molar-refractivity contribution in [2.24, 2.45) is 0 Å². The van der Waals surface area contributed by atoms with Gasteiger partial charge in [-0.3, -0.25) is 10.1 Å². The normalized spacial score (nSPS) is 16.0. The molecule has 12 bridgehead atoms. The van der Waals surface area contributed by atoms with Crippen molar-refractivity contribution in [3.05, 3.63) is 126 Å². The van der Waals surface area contributed by atoms with Crippen molar-refractivity contribution >= 4 is 5.69 Å². The van der Waals surface area contributed by atoms with Crippen LogP contribution in [-0.2, 0) is 50.7 Å². The predicted molar refractivity (Wildman–Crippen MR) is 234 cm³/mol. The van der Waals surface area contributed by atoms with Crippen LogP contribution in [0.3, 0.4) is 0 Å². The lowest BCUT2D eigenvalue weighted by molar-refractivity contribution is -0.384. The van der Waals surface area contributed by atoms with Gasteiger partial charge in [-0.05, 0) is 102 Å². The van der Waals surface area contributed by atoms with Gasteiger partial charge < -0.3 is 39.0 Å². The zero-order valence-electron chi connectivity index (χ0n) is 35.9. The Bertz CT molecular complexity index is 2250. The van der Waals surface area contributed by atoms with Gasteiger partial charge in [-0.15, -0.1) is 0 Å². The lowest BCUT2D eigenvalue weighted by Gasteiger charge is -2.27. The summed E-state index contributed by atoms with van der Waals surface area (Å²) >= 11 is 0. The number of nitro groups is 1. The van der Waals surface area contributed by atoms with Crippen molar-refractivity contribution in [3.63, 3.8) is 0 Å². The largest absolute Gasteiger partial charge is 0.507 e. The van der Waals surface area contributed by atoms with E-state index >= 15 is 0 Å². The van der Waals surface area contributed by atoms with E-state index in [1.165, 1.54) is 12.1 Å². The number of phenolic OH excluding ortho intramolecular Hbond substituents is 3. The molecule has 0 aromatic heterocycles. The van der Waals surface area contributed by atoms with Crippen LogP contribution in [-0.4, -0.2) is 73.1 Å². The number of rotatable bonds is 1. The van der Waals surface area contributed by atoms with Gasteiger partial charge >= 0.3 is 0 Å². The molecule has 0 amide bonds. The Kier molecular flexibility index (Phi) is 11.5. The lowest BCUT2D eigenvalue weighted by Crippen LogP contribution is -2.16. The third kappa shape index (κ3) is 8.78. The van der Waals surface area contributed by atoms with Crippen LogP contribution in [0.1, 0.15) is 97.2 Å². The first-order chi connectivity index (χ1) is 29.0. The molecule has 1 aliphatic heterocycles. The minimum absolute atomic E-state index is 0.109. The summed E-state index contributed by atoms with van der Waals surface area (Å²) in [7, 11) is 0. The summed E-state index contributed by atoms with van der Waals surface area (Å²) in [5, 5.41) is 49.8. The first-order valence-electron chi connectivity index (χ1n) is 21.1. The van der Waals surface area contributed by atoms with E-state index in [0.717, 1.165) is 11.1 Å². The summed E-state index contributed by atoms with van der Waals surface area (Å²) in [5.41, 5.74) is 8.39. The van der Waals surface area contributed by atoms with Crippen molar-refractivity contribution in [1.82, 2.24) is 0 Å². The molecule has 11 nitrogen and oxygen atoms in total. The van der Waals surface area contributed by atoms with Gasteiger partial charge in [0.2, 0.25) is 0 Å². The Labute approximate surface area is 357 Å². The number of phenols is 3. The standard InChI is InChI=1S/C50H55NO10/c1-49(2,3)39-23-31-19-35-15-29-17-37-21-33-25-40(50(4,5)6)26-34(45(33)53)22-38-18-30(43-28-41(51(55)56)27-42(29)46(43)54)16-36(20-32(24-39)44(31)52)48(38)61-14-12-59-10-8-57-7-9-58-11-13-60-47(35)37/h15-18,23-28,52-54H,7-14,19-22H2,1-6H3. The van der Waals surface area contributed by atoms with Gasteiger partial charge in [0.05, 0.1) is 44.6 Å². The minimum Gasteiger partial charge on any atom is -0.507 e. The third-order valence-electron chi connectivity index (χ3n) is 11.9. The molecule has 0 radical (unpaired) electrons. The molecule has 2 aliphatic carbocycles. The maximum Gasteiger partial charge on any atom is 0.270 e. The molecule has 0 spiro atoms. The third-order valence-corrected chi connectivity index (χ3v) is 11.9. The van der Waals surface area contributed by atoms with Gasteiger partial charge in [-0.2, -0.15) is 0 Å². The van der Waals surface area contributed by atoms with E-state index in [1.54, 1.807) is 0 Å². The van der Waals surface area contributed by atoms with Crippen molar-refractivity contribution in [3.8, 4) is 51.0 Å². The average molecular weight is 830 g/mol. The number of nitro benzene ring substituents is 1. The fraction of sp³-hybridized carbons (Fsp3) is 0.400. The maximum atomic E-state index is 12.7. The summed E-state index contributed by atoms with van der Waals surface area (Å²) in [4.78, 5) is 12.2. The molecule has 320 valence electrons. The number of ether oxygens (including phenoxy) is 5. The Balaban J connectivity index is 1.54. The second kappa shape index (κ2) is 16.7. The molecule has 11 heteroatoms. The molecule has 0 atom stereocenters. The van der Waals surface area contributed by atoms with Gasteiger partial charge in [0, 0.05) is 48.9 Å². The lowest BCUT2D eigenvalue weighted by atomic mass is 9.80. The zero-order valence-corrected chi connectivity index (χ0v) is 35.9. The predicted octanol–water partition coefficient (Wildman–Crippen LogP) is 9.45. The Morgan fingerprint density at radius 2 is 0.770 bits per heavy atom. The van der Waals surface area contributed by atoms with E-state index in [2.05, 4.69) is 41.5 Å². The fourth-order valence-electron chi connectivity index (χ4n) is 8.57. The van der Waals surface area contributed by atoms with E-state index in [1.807, 2.05) is 48.5 Å². The summed E-state index contributed by atoms with van der Waals surface area (Å²) < 4.78 is 31.0. The molecule has 0 fully saturated rings. The van der Waals surface area contributed by atoms with Gasteiger partial charge in [-0.1, -0.05) is 65.8 Å². The number of hydrogen-bond acceptors (Lipinski definition) is 10. The van der Waals surface area contributed by atoms with Crippen LogP contribution >= 0.6 is 0 Å². The van der Waals surface area contributed by atoms with Crippen LogP contribution in [0.25, 0.3) is 22.3 Å². The van der Waals surface area contributed by atoms with Crippen molar-refractivity contribution < 1.29 is 43.9 Å². The highest BCUT2D eigenvalue weighted by atomic mass is 16.6. The van der Waals surface area contributed by atoms with E-state index in [9.17, 15) is 25.4 Å². The molecule has 5 aromatic rings. The Morgan fingerprint density at radius 3 is 1.07 bits per heavy atom. The van der Waals surface area contributed by atoms with Gasteiger partial charge in [0.25, 0.3) is 5.69 Å². The topological polar surface area (TPSA) is 150 Å². The van der Waals surface area contributed by atoms with Crippen molar-refractivity contribution in [2.45, 2.75) is 78.1 Å². The molecule has 3 N–H and O–H groups in total. The number of aromatic hydroxyl groups is 3. The monoisotopic (exact) mass is 829 g/mol. The zero-order chi connectivity index (χ0) is 43.2. The smallest absolute Gasteiger partial charge is 0.270 e. The van der Waals surface area contributed by atoms with Crippen LogP contribution in [0.15, 0.2) is 60.7 Å². The van der Waals surface area contributed by atoms with Crippen LogP contribution in [0.4, 0.5) is 5.69 Å². The van der Waals surface area contributed by atoms with Crippen molar-refractivity contribution in [1.29, 1.82) is 0 Å². The number of benzene rings is 5. The van der Waals surface area contributed by atoms with E-state index in [4.69, 9.17) is 23.7 Å². The SMILES string of the molecule is CC(C)(C)c1cc2c(O)c(c1)Cc1cc3cc4c1OCCOCCOCCOCCOc1c(cc(cc1Cc1cc(C(C)(C)C)cc(c1O)C4)-c1cc([N+](=O)[O-])cc-3c1O)C2. The molecular weight excluding hydrogens is 775 g/mol. The number of non-ortho nitro benzene ring substituents is 1. The average Bonchev–Trinajstić information content (AvgIpc) is 3.18. The fourth-order valence-corrected chi connectivity index (χ4v) is 8.57. The van der Waals surface area contributed by atoms with Crippen molar-refractivity contribution in [2.75, 3.05) is 52.9 Å². The van der Waals surface area contributed by atoms with Gasteiger partial charge in [-0.25, -0.2) is 0 Å². The van der Waals surface area contributed by atoms with Gasteiger partial charge in [0.15, 0.2) is 0 Å². The first-order valence-corrected chi connectivity index (χ1v) is 21.1. The van der Waals surface area contributed by atoms with Crippen LogP contribution in [0, 0.1) is 10.1 Å². The molecule has 61 heavy (non-hydrogen) atoms. The van der Waals surface area contributed by atoms with Crippen LogP contribution in [0.5, 0.6) is 28.7 Å². The number of fused-ring (bicyclic) bond motifs is 6. The summed E-state index contributed by atoms with van der Waals surface area (Å²) in [5.74, 6) is 1.27. The number of nitrogens with zero attached hydrogens (tertiary/aromatic N) is 1. The molecule has 0 saturated carbocycles. The molecule has 1 heterocycles. The first kappa shape index (κ1) is 42.1. The highest BCUT2D eigenvalue weighted by Crippen LogP contribution is 2.48. The summed E-state index contributed by atoms with van der Waals surface area (Å²) in [6.45, 7) is 15.2. The summed E-state index contributed by atoms with van der Waals surface area (Å²) in [6.07, 6.45) is 0.895. The molecule has 5 aromatic carbocycles. The quantitative estimate of drug-likeness (QED) is 0.108. The minimum atomic E-state index is -0.440. The Hall–Kier alpha value is -5.62. The van der Waals surface area contributed by atoms with Gasteiger partial charge in [0.1, 0.15) is 42.0 Å². The van der Waals surface area contributed by atoms with Crippen LogP contribution in [0.2, 0.25) is 0 Å². The molecule has 3 aliphatic rings. The van der Waals surface area contributed by atoms with Crippen LogP contribution < -0.4 is 9.47 Å². The number of hydrogen-bond donors (Lipinski definition) is 3. The molecular formula is C50H55NO10. The highest BCUT2D eigenvalue weighted by molar-refractivity contribution is 5.86. The molecule has 0 saturated heterocycles. The van der Waals surface area contributed by atoms with E-state index in [0.29, 0.717) is 93.6 Å². The summed E-state index contributed by atoms with van der Waals surface area (Å²) in [6, 6.07) is 18.5. The second-order valence-electron chi connectivity index (χ2n) is 18.4. The molecule has 0 unspecified atom stereocenters. The highest BCUT2D eigenvalue weighted by Gasteiger charge is 2.29. The second-order valence-corrected chi connectivity index (χ2v) is 18.4.